The molecule has 0 bridgehead atoms. The summed E-state index contributed by atoms with van der Waals surface area (Å²) in [6.45, 7) is 0. The molecule has 1 unspecified atom stereocenters. The van der Waals surface area contributed by atoms with Crippen molar-refractivity contribution in [3.05, 3.63) is 24.8 Å². The van der Waals surface area contributed by atoms with Gasteiger partial charge in [0.2, 0.25) is 0 Å². The van der Waals surface area contributed by atoms with Gasteiger partial charge in [-0.3, -0.25) is 4.68 Å². The molecule has 0 aromatic carbocycles. The minimum atomic E-state index is 0.0934. The first-order chi connectivity index (χ1) is 12.2. The predicted octanol–water partition coefficient (Wildman–Crippen LogP) is 3.05. The lowest BCUT2D eigenvalue weighted by Crippen LogP contribution is -2.33. The molecule has 3 N–H and O–H groups in total. The van der Waals surface area contributed by atoms with E-state index in [2.05, 4.69) is 26.1 Å². The van der Waals surface area contributed by atoms with E-state index in [-0.39, 0.29) is 6.04 Å². The zero-order valence-corrected chi connectivity index (χ0v) is 13.8. The van der Waals surface area contributed by atoms with Crippen LogP contribution in [0.4, 0.5) is 5.82 Å². The summed E-state index contributed by atoms with van der Waals surface area (Å²) in [5.74, 6) is 0.969. The fourth-order valence-electron chi connectivity index (χ4n) is 4.32. The van der Waals surface area contributed by atoms with Gasteiger partial charge in [0.25, 0.3) is 0 Å². The summed E-state index contributed by atoms with van der Waals surface area (Å²) in [4.78, 5) is 11.7. The molecule has 2 fully saturated rings. The first kappa shape index (κ1) is 14.5. The largest absolute Gasteiger partial charge is 0.382 e. The zero-order chi connectivity index (χ0) is 17.0. The van der Waals surface area contributed by atoms with Crippen molar-refractivity contribution in [2.45, 2.75) is 38.1 Å². The Morgan fingerprint density at radius 2 is 2.24 bits per heavy atom. The number of aromatic nitrogens is 5. The van der Waals surface area contributed by atoms with Crippen LogP contribution >= 0.6 is 0 Å². The maximum Gasteiger partial charge on any atom is 0.154 e. The van der Waals surface area contributed by atoms with Crippen molar-refractivity contribution in [1.82, 2.24) is 24.7 Å². The van der Waals surface area contributed by atoms with Gasteiger partial charge < -0.3 is 10.7 Å². The van der Waals surface area contributed by atoms with Crippen LogP contribution in [0.25, 0.3) is 22.3 Å². The maximum absolute atomic E-state index is 9.27. The van der Waals surface area contributed by atoms with Crippen molar-refractivity contribution in [3.63, 3.8) is 0 Å². The Hall–Kier alpha value is -2.88. The van der Waals surface area contributed by atoms with E-state index in [0.29, 0.717) is 23.6 Å². The number of nitriles is 1. The van der Waals surface area contributed by atoms with Crippen molar-refractivity contribution in [2.24, 2.45) is 11.3 Å². The van der Waals surface area contributed by atoms with Gasteiger partial charge in [0.1, 0.15) is 12.0 Å². The Kier molecular flexibility index (Phi) is 2.93. The molecule has 0 saturated heterocycles. The van der Waals surface area contributed by atoms with Gasteiger partial charge in [0, 0.05) is 17.8 Å². The molecule has 7 heteroatoms. The molecular formula is C18H19N7. The molecular weight excluding hydrogens is 314 g/mol. The van der Waals surface area contributed by atoms with E-state index >= 15 is 0 Å². The summed E-state index contributed by atoms with van der Waals surface area (Å²) in [7, 11) is 0. The van der Waals surface area contributed by atoms with Crippen molar-refractivity contribution in [1.29, 1.82) is 5.26 Å². The van der Waals surface area contributed by atoms with Gasteiger partial charge in [-0.25, -0.2) is 9.97 Å². The van der Waals surface area contributed by atoms with Crippen LogP contribution in [0.15, 0.2) is 24.8 Å². The van der Waals surface area contributed by atoms with Gasteiger partial charge in [-0.2, -0.15) is 10.4 Å². The van der Waals surface area contributed by atoms with Crippen LogP contribution < -0.4 is 5.73 Å². The molecule has 1 spiro atoms. The molecule has 0 aliphatic heterocycles. The number of nitrogens with one attached hydrogen (secondary N) is 1. The second-order valence-corrected chi connectivity index (χ2v) is 7.47. The van der Waals surface area contributed by atoms with Gasteiger partial charge in [-0.05, 0) is 43.1 Å². The zero-order valence-electron chi connectivity index (χ0n) is 13.8. The molecule has 3 aromatic heterocycles. The molecule has 0 amide bonds. The number of aromatic amines is 1. The van der Waals surface area contributed by atoms with Crippen molar-refractivity contribution in [3.8, 4) is 17.3 Å². The first-order valence-corrected chi connectivity index (χ1v) is 8.69. The summed E-state index contributed by atoms with van der Waals surface area (Å²) >= 11 is 0. The molecule has 0 radical (unpaired) electrons. The number of hydrogen-bond acceptors (Lipinski definition) is 5. The van der Waals surface area contributed by atoms with E-state index in [4.69, 9.17) is 5.73 Å². The van der Waals surface area contributed by atoms with Crippen LogP contribution in [0.2, 0.25) is 0 Å². The van der Waals surface area contributed by atoms with Crippen molar-refractivity contribution < 1.29 is 0 Å². The number of nitrogens with zero attached hydrogens (tertiary/aromatic N) is 5. The quantitative estimate of drug-likeness (QED) is 0.762. The number of nitrogens with two attached hydrogens (primary N) is 1. The molecule has 3 aromatic rings. The molecule has 1 atom stereocenters. The van der Waals surface area contributed by atoms with Crippen LogP contribution in [0.3, 0.4) is 0 Å². The number of rotatable bonds is 4. The van der Waals surface area contributed by atoms with Crippen molar-refractivity contribution in [2.75, 3.05) is 5.73 Å². The fourth-order valence-corrected chi connectivity index (χ4v) is 4.32. The van der Waals surface area contributed by atoms with Gasteiger partial charge in [0.15, 0.2) is 5.82 Å². The van der Waals surface area contributed by atoms with Crippen LogP contribution in [0.5, 0.6) is 0 Å². The Morgan fingerprint density at radius 1 is 1.40 bits per heavy atom. The summed E-state index contributed by atoms with van der Waals surface area (Å²) in [6, 6.07) is 4.36. The second-order valence-electron chi connectivity index (χ2n) is 7.47. The summed E-state index contributed by atoms with van der Waals surface area (Å²) < 4.78 is 1.90. The molecule has 5 rings (SSSR count). The van der Waals surface area contributed by atoms with Crippen LogP contribution in [-0.2, 0) is 0 Å². The average molecular weight is 333 g/mol. The number of anilines is 1. The molecule has 7 nitrogen and oxygen atoms in total. The lowest BCUT2D eigenvalue weighted by atomic mass is 9.68. The molecule has 126 valence electrons. The third-order valence-corrected chi connectivity index (χ3v) is 5.90. The Morgan fingerprint density at radius 3 is 3.00 bits per heavy atom. The van der Waals surface area contributed by atoms with Crippen LogP contribution in [0, 0.1) is 22.7 Å². The summed E-state index contributed by atoms with van der Waals surface area (Å²) in [5, 5.41) is 14.7. The van der Waals surface area contributed by atoms with Gasteiger partial charge in [0.05, 0.1) is 29.8 Å². The van der Waals surface area contributed by atoms with Crippen LogP contribution in [-0.4, -0.2) is 24.7 Å². The van der Waals surface area contributed by atoms with E-state index < -0.39 is 0 Å². The van der Waals surface area contributed by atoms with Gasteiger partial charge >= 0.3 is 0 Å². The van der Waals surface area contributed by atoms with E-state index in [1.54, 1.807) is 0 Å². The molecule has 3 heterocycles. The highest BCUT2D eigenvalue weighted by Gasteiger charge is 2.55. The topological polar surface area (TPSA) is 109 Å². The average Bonchev–Trinajstić information content (AvgIpc) is 3.07. The molecule has 2 aliphatic carbocycles. The number of fused-ring (bicyclic) bond motifs is 1. The van der Waals surface area contributed by atoms with Gasteiger partial charge in [-0.1, -0.05) is 0 Å². The lowest BCUT2D eigenvalue weighted by Gasteiger charge is -2.40. The number of nitrogen functional groups attached to an aromatic ring is 1. The van der Waals surface area contributed by atoms with E-state index in [9.17, 15) is 5.26 Å². The van der Waals surface area contributed by atoms with E-state index in [1.165, 1.54) is 32.0 Å². The number of H-pyrrole nitrogens is 1. The SMILES string of the molecule is N#CCC(C1CC2(CC2)C1)n1cc(-c2ncnc3[nH]ccc23)c(N)n1. The fraction of sp³-hybridized carbons (Fsp3) is 0.444. The second kappa shape index (κ2) is 5.06. The standard InChI is InChI=1S/C18H19N7/c19-5-1-14(11-7-18(8-11)3-4-18)25-9-13(16(20)24-25)15-12-2-6-21-17(12)23-10-22-15/h2,6,9-11,14H,1,3-4,7-8H2,(H2,20,24)(H,21,22,23). The highest BCUT2D eigenvalue weighted by Crippen LogP contribution is 2.65. The Bertz CT molecular complexity index is 980. The lowest BCUT2D eigenvalue weighted by molar-refractivity contribution is 0.103. The van der Waals surface area contributed by atoms with Crippen LogP contribution in [0.1, 0.15) is 38.1 Å². The minimum absolute atomic E-state index is 0.0934. The predicted molar refractivity (Wildman–Crippen MR) is 93.2 cm³/mol. The molecule has 2 saturated carbocycles. The monoisotopic (exact) mass is 333 g/mol. The summed E-state index contributed by atoms with van der Waals surface area (Å²) in [6.07, 6.45) is 10.9. The minimum Gasteiger partial charge on any atom is -0.382 e. The maximum atomic E-state index is 9.27. The smallest absolute Gasteiger partial charge is 0.154 e. The number of hydrogen-bond donors (Lipinski definition) is 2. The normalized spacial score (nSPS) is 19.6. The molecule has 25 heavy (non-hydrogen) atoms. The van der Waals surface area contributed by atoms with Gasteiger partial charge in [-0.15, -0.1) is 0 Å². The highest BCUT2D eigenvalue weighted by molar-refractivity contribution is 5.92. The summed E-state index contributed by atoms with van der Waals surface area (Å²) in [5.41, 5.74) is 9.16. The van der Waals surface area contributed by atoms with Crippen molar-refractivity contribution >= 4 is 16.9 Å². The Balaban J connectivity index is 1.52. The third-order valence-electron chi connectivity index (χ3n) is 5.90. The highest BCUT2D eigenvalue weighted by atomic mass is 15.3. The Labute approximate surface area is 144 Å². The first-order valence-electron chi connectivity index (χ1n) is 8.69. The molecule has 2 aliphatic rings. The van der Waals surface area contributed by atoms with E-state index in [1.807, 2.05) is 23.1 Å². The third kappa shape index (κ3) is 2.21. The van der Waals surface area contributed by atoms with E-state index in [0.717, 1.165) is 22.3 Å².